The van der Waals surface area contributed by atoms with Gasteiger partial charge >= 0.3 is 0 Å². The SMILES string of the molecule is CCN(C1CCCCC1)S(=O)(=O)N(C)CCCCl. The van der Waals surface area contributed by atoms with E-state index in [0.717, 1.165) is 25.7 Å². The molecule has 6 heteroatoms. The molecule has 1 aliphatic rings. The Morgan fingerprint density at radius 1 is 1.22 bits per heavy atom. The van der Waals surface area contributed by atoms with Gasteiger partial charge < -0.3 is 0 Å². The van der Waals surface area contributed by atoms with Crippen molar-refractivity contribution in [3.63, 3.8) is 0 Å². The lowest BCUT2D eigenvalue weighted by Gasteiger charge is -2.35. The van der Waals surface area contributed by atoms with E-state index in [9.17, 15) is 8.42 Å². The molecule has 18 heavy (non-hydrogen) atoms. The van der Waals surface area contributed by atoms with Crippen LogP contribution in [0.3, 0.4) is 0 Å². The Balaban J connectivity index is 2.71. The fourth-order valence-electron chi connectivity index (χ4n) is 2.56. The molecule has 1 saturated carbocycles. The van der Waals surface area contributed by atoms with E-state index in [1.165, 1.54) is 10.7 Å². The summed E-state index contributed by atoms with van der Waals surface area (Å²) >= 11 is 5.62. The van der Waals surface area contributed by atoms with Crippen molar-refractivity contribution in [3.05, 3.63) is 0 Å². The molecule has 0 aromatic carbocycles. The minimum Gasteiger partial charge on any atom is -0.195 e. The Kier molecular flexibility index (Phi) is 6.92. The molecule has 0 heterocycles. The van der Waals surface area contributed by atoms with Crippen LogP contribution in [0, 0.1) is 0 Å². The van der Waals surface area contributed by atoms with Gasteiger partial charge in [0.25, 0.3) is 10.2 Å². The van der Waals surface area contributed by atoms with Crippen LogP contribution in [0.15, 0.2) is 0 Å². The topological polar surface area (TPSA) is 40.6 Å². The molecule has 1 rings (SSSR count). The molecule has 0 spiro atoms. The average Bonchev–Trinajstić information content (AvgIpc) is 2.37. The molecular formula is C12H25ClN2O2S. The summed E-state index contributed by atoms with van der Waals surface area (Å²) in [6.07, 6.45) is 6.20. The van der Waals surface area contributed by atoms with Gasteiger partial charge in [-0.15, -0.1) is 11.6 Å². The first-order chi connectivity index (χ1) is 8.54. The predicted octanol–water partition coefficient (Wildman–Crippen LogP) is 2.45. The summed E-state index contributed by atoms with van der Waals surface area (Å²) in [7, 11) is -1.67. The summed E-state index contributed by atoms with van der Waals surface area (Å²) in [6, 6.07) is 0.187. The third-order valence-corrected chi connectivity index (χ3v) is 5.98. The van der Waals surface area contributed by atoms with E-state index in [2.05, 4.69) is 0 Å². The van der Waals surface area contributed by atoms with Crippen LogP contribution in [0.4, 0.5) is 0 Å². The van der Waals surface area contributed by atoms with Crippen LogP contribution in [0.25, 0.3) is 0 Å². The van der Waals surface area contributed by atoms with Crippen molar-refractivity contribution in [2.24, 2.45) is 0 Å². The van der Waals surface area contributed by atoms with Crippen molar-refractivity contribution in [2.75, 3.05) is 26.0 Å². The Hall–Kier alpha value is 0.160. The third kappa shape index (κ3) is 4.08. The Morgan fingerprint density at radius 3 is 2.33 bits per heavy atom. The van der Waals surface area contributed by atoms with E-state index < -0.39 is 10.2 Å². The lowest BCUT2D eigenvalue weighted by molar-refractivity contribution is 0.246. The van der Waals surface area contributed by atoms with Gasteiger partial charge in [-0.3, -0.25) is 0 Å². The number of alkyl halides is 1. The van der Waals surface area contributed by atoms with Gasteiger partial charge in [0.05, 0.1) is 0 Å². The zero-order valence-electron chi connectivity index (χ0n) is 11.4. The number of halogens is 1. The lowest BCUT2D eigenvalue weighted by atomic mass is 9.95. The van der Waals surface area contributed by atoms with Gasteiger partial charge in [-0.05, 0) is 19.3 Å². The third-order valence-electron chi connectivity index (χ3n) is 3.59. The highest BCUT2D eigenvalue weighted by Gasteiger charge is 2.32. The van der Waals surface area contributed by atoms with E-state index >= 15 is 0 Å². The standard InChI is InChI=1S/C12H25ClN2O2S/c1-3-15(12-8-5-4-6-9-12)18(16,17)14(2)11-7-10-13/h12H,3-11H2,1-2H3. The highest BCUT2D eigenvalue weighted by molar-refractivity contribution is 7.86. The molecule has 1 fully saturated rings. The van der Waals surface area contributed by atoms with Crippen LogP contribution in [0.1, 0.15) is 45.4 Å². The summed E-state index contributed by atoms with van der Waals surface area (Å²) in [5.74, 6) is 0.495. The number of nitrogens with zero attached hydrogens (tertiary/aromatic N) is 2. The first kappa shape index (κ1) is 16.2. The van der Waals surface area contributed by atoms with Gasteiger partial charge in [-0.1, -0.05) is 26.2 Å². The minimum atomic E-state index is -3.31. The molecule has 4 nitrogen and oxygen atoms in total. The molecule has 0 atom stereocenters. The zero-order chi connectivity index (χ0) is 13.6. The van der Waals surface area contributed by atoms with Gasteiger partial charge in [0.2, 0.25) is 0 Å². The van der Waals surface area contributed by atoms with E-state index in [1.807, 2.05) is 6.92 Å². The normalized spacial score (nSPS) is 18.7. The lowest BCUT2D eigenvalue weighted by Crippen LogP contribution is -2.48. The Labute approximate surface area is 116 Å². The molecule has 0 amide bonds. The van der Waals surface area contributed by atoms with Crippen molar-refractivity contribution in [1.82, 2.24) is 8.61 Å². The number of hydrogen-bond donors (Lipinski definition) is 0. The molecule has 0 N–H and O–H groups in total. The molecule has 0 bridgehead atoms. The van der Waals surface area contributed by atoms with Crippen LogP contribution >= 0.6 is 11.6 Å². The van der Waals surface area contributed by atoms with Crippen molar-refractivity contribution in [3.8, 4) is 0 Å². The summed E-state index contributed by atoms with van der Waals surface area (Å²) in [6.45, 7) is 2.97. The summed E-state index contributed by atoms with van der Waals surface area (Å²) in [4.78, 5) is 0. The van der Waals surface area contributed by atoms with Gasteiger partial charge in [0.1, 0.15) is 0 Å². The number of hydrogen-bond acceptors (Lipinski definition) is 2. The fourth-order valence-corrected chi connectivity index (χ4v) is 4.31. The smallest absolute Gasteiger partial charge is 0.195 e. The van der Waals surface area contributed by atoms with Crippen LogP contribution in [-0.2, 0) is 10.2 Å². The first-order valence-corrected chi connectivity index (χ1v) is 8.76. The largest absolute Gasteiger partial charge is 0.281 e. The van der Waals surface area contributed by atoms with Crippen LogP contribution in [-0.4, -0.2) is 49.1 Å². The Morgan fingerprint density at radius 2 is 1.83 bits per heavy atom. The van der Waals surface area contributed by atoms with Gasteiger partial charge in [0, 0.05) is 32.1 Å². The molecule has 0 unspecified atom stereocenters. The Bertz CT molecular complexity index is 329. The summed E-state index contributed by atoms with van der Waals surface area (Å²) < 4.78 is 28.1. The van der Waals surface area contributed by atoms with Gasteiger partial charge in [-0.25, -0.2) is 0 Å². The van der Waals surface area contributed by atoms with Crippen molar-refractivity contribution >= 4 is 21.8 Å². The summed E-state index contributed by atoms with van der Waals surface area (Å²) in [5.41, 5.74) is 0. The highest BCUT2D eigenvalue weighted by atomic mass is 35.5. The molecule has 0 saturated heterocycles. The molecule has 108 valence electrons. The zero-order valence-corrected chi connectivity index (χ0v) is 13.0. The molecule has 1 aliphatic carbocycles. The van der Waals surface area contributed by atoms with Crippen molar-refractivity contribution in [2.45, 2.75) is 51.5 Å². The minimum absolute atomic E-state index is 0.187. The van der Waals surface area contributed by atoms with Crippen molar-refractivity contribution < 1.29 is 8.42 Å². The average molecular weight is 297 g/mol. The monoisotopic (exact) mass is 296 g/mol. The predicted molar refractivity (Wildman–Crippen MR) is 76.1 cm³/mol. The molecular weight excluding hydrogens is 272 g/mol. The second-order valence-corrected chi connectivity index (χ2v) is 7.23. The van der Waals surface area contributed by atoms with E-state index in [0.29, 0.717) is 25.4 Å². The molecule has 0 aliphatic heterocycles. The molecule has 0 radical (unpaired) electrons. The van der Waals surface area contributed by atoms with E-state index in [-0.39, 0.29) is 6.04 Å². The quantitative estimate of drug-likeness (QED) is 0.677. The maximum Gasteiger partial charge on any atom is 0.281 e. The van der Waals surface area contributed by atoms with Crippen molar-refractivity contribution in [1.29, 1.82) is 0 Å². The maximum absolute atomic E-state index is 12.5. The highest BCUT2D eigenvalue weighted by Crippen LogP contribution is 2.25. The second kappa shape index (κ2) is 7.68. The maximum atomic E-state index is 12.5. The van der Waals surface area contributed by atoms with Crippen LogP contribution < -0.4 is 0 Å². The van der Waals surface area contributed by atoms with E-state index in [4.69, 9.17) is 11.6 Å². The fraction of sp³-hybridized carbons (Fsp3) is 1.00. The van der Waals surface area contributed by atoms with Crippen LogP contribution in [0.2, 0.25) is 0 Å². The van der Waals surface area contributed by atoms with E-state index in [1.54, 1.807) is 11.4 Å². The first-order valence-electron chi connectivity index (χ1n) is 6.83. The second-order valence-electron chi connectivity index (χ2n) is 4.87. The summed E-state index contributed by atoms with van der Waals surface area (Å²) in [5, 5.41) is 0. The molecule has 0 aromatic rings. The molecule has 0 aromatic heterocycles. The van der Waals surface area contributed by atoms with Gasteiger partial charge in [0.15, 0.2) is 0 Å². The van der Waals surface area contributed by atoms with Crippen LogP contribution in [0.5, 0.6) is 0 Å². The number of rotatable bonds is 7. The van der Waals surface area contributed by atoms with Gasteiger partial charge in [-0.2, -0.15) is 17.0 Å².